The van der Waals surface area contributed by atoms with E-state index in [4.69, 9.17) is 5.73 Å². The second-order valence-corrected chi connectivity index (χ2v) is 4.38. The van der Waals surface area contributed by atoms with Gasteiger partial charge in [0, 0.05) is 25.2 Å². The first-order valence-corrected chi connectivity index (χ1v) is 5.51. The van der Waals surface area contributed by atoms with E-state index < -0.39 is 0 Å². The van der Waals surface area contributed by atoms with Gasteiger partial charge in [0.05, 0.1) is 0 Å². The number of hydrogen-bond donors (Lipinski definition) is 1. The van der Waals surface area contributed by atoms with Crippen LogP contribution >= 0.6 is 0 Å². The number of rotatable bonds is 2. The van der Waals surface area contributed by atoms with E-state index in [2.05, 4.69) is 16.7 Å². The molecule has 0 aromatic heterocycles. The van der Waals surface area contributed by atoms with E-state index in [1.54, 1.807) is 0 Å². The summed E-state index contributed by atoms with van der Waals surface area (Å²) in [5.74, 6) is 0. The molecule has 2 heterocycles. The van der Waals surface area contributed by atoms with E-state index in [1.165, 1.54) is 32.5 Å². The van der Waals surface area contributed by atoms with Crippen LogP contribution in [-0.2, 0) is 0 Å². The fraction of sp³-hybridized carbons (Fsp3) is 1.00. The number of hydrogen-bond acceptors (Lipinski definition) is 3. The summed E-state index contributed by atoms with van der Waals surface area (Å²) < 4.78 is 0. The van der Waals surface area contributed by atoms with Gasteiger partial charge in [0.15, 0.2) is 0 Å². The molecule has 0 saturated carbocycles. The van der Waals surface area contributed by atoms with Gasteiger partial charge < -0.3 is 10.6 Å². The van der Waals surface area contributed by atoms with Gasteiger partial charge >= 0.3 is 0 Å². The van der Waals surface area contributed by atoms with Crippen molar-refractivity contribution in [3.8, 4) is 0 Å². The van der Waals surface area contributed by atoms with Crippen LogP contribution in [0.1, 0.15) is 19.8 Å². The maximum atomic E-state index is 5.78. The molecule has 2 fully saturated rings. The monoisotopic (exact) mass is 183 g/mol. The van der Waals surface area contributed by atoms with Crippen molar-refractivity contribution >= 4 is 0 Å². The lowest BCUT2D eigenvalue weighted by molar-refractivity contribution is 0.0501. The van der Waals surface area contributed by atoms with Gasteiger partial charge in [0.1, 0.15) is 0 Å². The van der Waals surface area contributed by atoms with E-state index in [0.29, 0.717) is 6.04 Å². The number of piperidine rings is 1. The topological polar surface area (TPSA) is 32.5 Å². The zero-order valence-electron chi connectivity index (χ0n) is 8.58. The van der Waals surface area contributed by atoms with Crippen molar-refractivity contribution in [2.24, 2.45) is 5.73 Å². The Bertz CT molecular complexity index is 158. The summed E-state index contributed by atoms with van der Waals surface area (Å²) in [4.78, 5) is 5.09. The van der Waals surface area contributed by atoms with Crippen molar-refractivity contribution in [3.63, 3.8) is 0 Å². The zero-order chi connectivity index (χ0) is 9.26. The van der Waals surface area contributed by atoms with Gasteiger partial charge in [-0.15, -0.1) is 0 Å². The normalized spacial score (nSPS) is 29.1. The van der Waals surface area contributed by atoms with Gasteiger partial charge in [-0.3, -0.25) is 4.90 Å². The third-order valence-electron chi connectivity index (χ3n) is 3.46. The van der Waals surface area contributed by atoms with Crippen molar-refractivity contribution < 1.29 is 0 Å². The first-order valence-electron chi connectivity index (χ1n) is 5.51. The van der Waals surface area contributed by atoms with Gasteiger partial charge in [-0.2, -0.15) is 0 Å². The first-order chi connectivity index (χ1) is 6.29. The van der Waals surface area contributed by atoms with E-state index in [0.717, 1.165) is 19.1 Å². The summed E-state index contributed by atoms with van der Waals surface area (Å²) >= 11 is 0. The highest BCUT2D eigenvalue weighted by atomic mass is 15.3. The van der Waals surface area contributed by atoms with Crippen molar-refractivity contribution in [2.45, 2.75) is 31.8 Å². The molecule has 2 aliphatic rings. The molecule has 0 radical (unpaired) electrons. The minimum Gasteiger partial charge on any atom is -0.325 e. The predicted molar refractivity (Wildman–Crippen MR) is 54.7 cm³/mol. The van der Waals surface area contributed by atoms with Crippen LogP contribution in [0.3, 0.4) is 0 Å². The lowest BCUT2D eigenvalue weighted by atomic mass is 9.98. The number of nitrogens with zero attached hydrogens (tertiary/aromatic N) is 2. The first kappa shape index (κ1) is 9.44. The van der Waals surface area contributed by atoms with Gasteiger partial charge in [-0.1, -0.05) is 6.92 Å². The average Bonchev–Trinajstić information content (AvgIpc) is 2.13. The molecule has 0 atom stereocenters. The summed E-state index contributed by atoms with van der Waals surface area (Å²) in [6, 6.07) is 1.30. The lowest BCUT2D eigenvalue weighted by Gasteiger charge is -2.45. The van der Waals surface area contributed by atoms with Crippen LogP contribution in [0.5, 0.6) is 0 Å². The Morgan fingerprint density at radius 2 is 1.85 bits per heavy atom. The molecule has 13 heavy (non-hydrogen) atoms. The number of likely N-dealkylation sites (tertiary alicyclic amines) is 2. The van der Waals surface area contributed by atoms with Crippen molar-refractivity contribution in [1.82, 2.24) is 9.80 Å². The molecule has 76 valence electrons. The standard InChI is InChI=1S/C10H21N3/c1-2-12-5-3-10(4-6-12)13-7-9(11)8-13/h9-10H,2-8,11H2,1H3. The largest absolute Gasteiger partial charge is 0.325 e. The summed E-state index contributed by atoms with van der Waals surface area (Å²) in [5.41, 5.74) is 5.78. The molecule has 3 nitrogen and oxygen atoms in total. The Labute approximate surface area is 80.9 Å². The Hall–Kier alpha value is -0.120. The molecule has 2 saturated heterocycles. The molecule has 0 unspecified atom stereocenters. The second kappa shape index (κ2) is 3.95. The van der Waals surface area contributed by atoms with Crippen LogP contribution in [0.15, 0.2) is 0 Å². The maximum Gasteiger partial charge on any atom is 0.0297 e. The maximum absolute atomic E-state index is 5.78. The van der Waals surface area contributed by atoms with Crippen molar-refractivity contribution in [3.05, 3.63) is 0 Å². The fourth-order valence-electron chi connectivity index (χ4n) is 2.45. The van der Waals surface area contributed by atoms with Crippen molar-refractivity contribution in [1.29, 1.82) is 0 Å². The Morgan fingerprint density at radius 1 is 1.23 bits per heavy atom. The molecule has 0 spiro atoms. The molecule has 0 bridgehead atoms. The third kappa shape index (κ3) is 2.03. The average molecular weight is 183 g/mol. The molecule has 3 heteroatoms. The van der Waals surface area contributed by atoms with Crippen LogP contribution in [0, 0.1) is 0 Å². The van der Waals surface area contributed by atoms with E-state index in [9.17, 15) is 0 Å². The molecule has 0 aliphatic carbocycles. The Morgan fingerprint density at radius 3 is 2.31 bits per heavy atom. The second-order valence-electron chi connectivity index (χ2n) is 4.38. The summed E-state index contributed by atoms with van der Waals surface area (Å²) in [5, 5.41) is 0. The lowest BCUT2D eigenvalue weighted by Crippen LogP contribution is -2.61. The van der Waals surface area contributed by atoms with E-state index in [-0.39, 0.29) is 0 Å². The molecule has 2 N–H and O–H groups in total. The molecule has 2 aliphatic heterocycles. The highest BCUT2D eigenvalue weighted by Gasteiger charge is 2.31. The highest BCUT2D eigenvalue weighted by Crippen LogP contribution is 2.20. The van der Waals surface area contributed by atoms with Gasteiger partial charge in [-0.25, -0.2) is 0 Å². The molecule has 0 aromatic carbocycles. The minimum absolute atomic E-state index is 0.462. The molecule has 0 amide bonds. The highest BCUT2D eigenvalue weighted by molar-refractivity contribution is 4.90. The summed E-state index contributed by atoms with van der Waals surface area (Å²) in [6.45, 7) is 8.31. The van der Waals surface area contributed by atoms with Crippen LogP contribution < -0.4 is 5.73 Å². The molecule has 2 rings (SSSR count). The third-order valence-corrected chi connectivity index (χ3v) is 3.46. The van der Waals surface area contributed by atoms with E-state index in [1.807, 2.05) is 0 Å². The summed E-state index contributed by atoms with van der Waals surface area (Å²) in [6.07, 6.45) is 2.70. The summed E-state index contributed by atoms with van der Waals surface area (Å²) in [7, 11) is 0. The van der Waals surface area contributed by atoms with Gasteiger partial charge in [-0.05, 0) is 32.5 Å². The zero-order valence-corrected chi connectivity index (χ0v) is 8.58. The van der Waals surface area contributed by atoms with Crippen LogP contribution in [0.25, 0.3) is 0 Å². The minimum atomic E-state index is 0.462. The van der Waals surface area contributed by atoms with Crippen LogP contribution in [0.4, 0.5) is 0 Å². The Kier molecular flexibility index (Phi) is 2.86. The molecular formula is C10H21N3. The van der Waals surface area contributed by atoms with E-state index >= 15 is 0 Å². The van der Waals surface area contributed by atoms with Gasteiger partial charge in [0.25, 0.3) is 0 Å². The quantitative estimate of drug-likeness (QED) is 0.660. The molecule has 0 aromatic rings. The van der Waals surface area contributed by atoms with Gasteiger partial charge in [0.2, 0.25) is 0 Å². The van der Waals surface area contributed by atoms with Crippen molar-refractivity contribution in [2.75, 3.05) is 32.7 Å². The SMILES string of the molecule is CCN1CCC(N2CC(N)C2)CC1. The smallest absolute Gasteiger partial charge is 0.0297 e. The van der Waals surface area contributed by atoms with Crippen LogP contribution in [-0.4, -0.2) is 54.6 Å². The predicted octanol–water partition coefficient (Wildman–Crippen LogP) is 0.114. The number of nitrogens with two attached hydrogens (primary N) is 1. The molecular weight excluding hydrogens is 162 g/mol. The Balaban J connectivity index is 1.72. The fourth-order valence-corrected chi connectivity index (χ4v) is 2.45. The van der Waals surface area contributed by atoms with Crippen LogP contribution in [0.2, 0.25) is 0 Å².